The van der Waals surface area contributed by atoms with Gasteiger partial charge in [0, 0.05) is 35.6 Å². The Kier molecular flexibility index (Phi) is 6.50. The van der Waals surface area contributed by atoms with Gasteiger partial charge in [0.15, 0.2) is 5.65 Å². The van der Waals surface area contributed by atoms with Crippen LogP contribution in [0.2, 0.25) is 0 Å². The number of amides is 2. The molecule has 0 radical (unpaired) electrons. The Morgan fingerprint density at radius 2 is 2.00 bits per heavy atom. The number of hydrogen-bond donors (Lipinski definition) is 3. The molecule has 0 fully saturated rings. The highest BCUT2D eigenvalue weighted by Gasteiger charge is 2.20. The van der Waals surface area contributed by atoms with Gasteiger partial charge in [-0.05, 0) is 47.0 Å². The quantitative estimate of drug-likeness (QED) is 0.532. The fraction of sp³-hybridized carbons (Fsp3) is 0.304. The third-order valence-corrected chi connectivity index (χ3v) is 4.28. The first-order chi connectivity index (χ1) is 14.6. The summed E-state index contributed by atoms with van der Waals surface area (Å²) in [5, 5.41) is 5.79. The highest BCUT2D eigenvalue weighted by Crippen LogP contribution is 2.24. The molecule has 0 saturated carbocycles. The lowest BCUT2D eigenvalue weighted by Gasteiger charge is -2.20. The minimum Gasteiger partial charge on any atom is -0.347 e. The minimum atomic E-state index is -0.362. The second kappa shape index (κ2) is 9.09. The number of rotatable bonds is 6. The summed E-state index contributed by atoms with van der Waals surface area (Å²) in [7, 11) is 3.87. The van der Waals surface area contributed by atoms with E-state index in [0.717, 1.165) is 5.56 Å². The molecule has 31 heavy (non-hydrogen) atoms. The van der Waals surface area contributed by atoms with Crippen LogP contribution in [-0.2, 0) is 4.79 Å². The predicted molar refractivity (Wildman–Crippen MR) is 123 cm³/mol. The van der Waals surface area contributed by atoms with Gasteiger partial charge in [-0.25, -0.2) is 9.97 Å². The van der Waals surface area contributed by atoms with Crippen molar-refractivity contribution in [2.75, 3.05) is 26.0 Å². The number of nitrogens with one attached hydrogen (secondary N) is 3. The Labute approximate surface area is 181 Å². The summed E-state index contributed by atoms with van der Waals surface area (Å²) in [6, 6.07) is 7.36. The largest absolute Gasteiger partial charge is 0.347 e. The summed E-state index contributed by atoms with van der Waals surface area (Å²) in [5.74, 6) is -0.414. The summed E-state index contributed by atoms with van der Waals surface area (Å²) in [6.45, 7) is 6.45. The van der Waals surface area contributed by atoms with Crippen LogP contribution in [0.15, 0.2) is 48.8 Å². The van der Waals surface area contributed by atoms with Gasteiger partial charge in [0.1, 0.15) is 5.52 Å². The molecule has 0 atom stereocenters. The van der Waals surface area contributed by atoms with E-state index < -0.39 is 0 Å². The molecule has 0 spiro atoms. The van der Waals surface area contributed by atoms with Crippen LogP contribution in [0.4, 0.5) is 5.69 Å². The highest BCUT2D eigenvalue weighted by atomic mass is 16.2. The number of H-pyrrole nitrogens is 1. The van der Waals surface area contributed by atoms with Crippen LogP contribution in [0.25, 0.3) is 22.4 Å². The Morgan fingerprint density at radius 3 is 2.71 bits per heavy atom. The average molecular weight is 421 g/mol. The number of carbonyl (C=O) groups is 2. The van der Waals surface area contributed by atoms with Gasteiger partial charge in [-0.3, -0.25) is 9.59 Å². The molecule has 3 N–H and O–H groups in total. The normalized spacial score (nSPS) is 11.9. The summed E-state index contributed by atoms with van der Waals surface area (Å²) in [6.07, 6.45) is 6.57. The van der Waals surface area contributed by atoms with E-state index in [9.17, 15) is 9.59 Å². The Bertz CT molecular complexity index is 1120. The molecule has 0 aliphatic rings. The van der Waals surface area contributed by atoms with E-state index in [0.29, 0.717) is 34.7 Å². The van der Waals surface area contributed by atoms with Crippen molar-refractivity contribution in [3.8, 4) is 11.3 Å². The topological polar surface area (TPSA) is 103 Å². The maximum Gasteiger partial charge on any atom is 0.255 e. The first-order valence-corrected chi connectivity index (χ1v) is 10.0. The van der Waals surface area contributed by atoms with E-state index in [2.05, 4.69) is 25.6 Å². The molecule has 0 aliphatic carbocycles. The zero-order valence-electron chi connectivity index (χ0n) is 18.5. The number of likely N-dealkylation sites (N-methyl/N-ethyl adjacent to an activating group) is 1. The zero-order valence-corrected chi connectivity index (χ0v) is 18.5. The van der Waals surface area contributed by atoms with Gasteiger partial charge in [-0.1, -0.05) is 18.2 Å². The van der Waals surface area contributed by atoms with Gasteiger partial charge in [0.05, 0.1) is 17.5 Å². The summed E-state index contributed by atoms with van der Waals surface area (Å²) in [5.41, 5.74) is 3.16. The maximum absolute atomic E-state index is 12.6. The number of fused-ring (bicyclic) bond motifs is 1. The summed E-state index contributed by atoms with van der Waals surface area (Å²) in [4.78, 5) is 38.8. The Hall–Kier alpha value is -3.52. The van der Waals surface area contributed by atoms with Gasteiger partial charge in [-0.15, -0.1) is 0 Å². The van der Waals surface area contributed by atoms with Crippen LogP contribution in [0.1, 0.15) is 31.1 Å². The minimum absolute atomic E-state index is 0.202. The van der Waals surface area contributed by atoms with E-state index in [4.69, 9.17) is 0 Å². The van der Waals surface area contributed by atoms with Gasteiger partial charge < -0.3 is 20.5 Å². The molecule has 2 amide bonds. The van der Waals surface area contributed by atoms with Gasteiger partial charge in [0.25, 0.3) is 5.91 Å². The molecular weight excluding hydrogens is 392 g/mol. The molecular formula is C23H28N6O2. The van der Waals surface area contributed by atoms with E-state index >= 15 is 0 Å². The van der Waals surface area contributed by atoms with Crippen molar-refractivity contribution >= 4 is 28.7 Å². The molecule has 0 unspecified atom stereocenters. The van der Waals surface area contributed by atoms with Crippen molar-refractivity contribution in [3.05, 3.63) is 54.4 Å². The monoisotopic (exact) mass is 420 g/mol. The molecule has 1 aromatic carbocycles. The van der Waals surface area contributed by atoms with Crippen molar-refractivity contribution < 1.29 is 9.59 Å². The van der Waals surface area contributed by atoms with Crippen molar-refractivity contribution in [1.29, 1.82) is 0 Å². The molecule has 8 heteroatoms. The highest BCUT2D eigenvalue weighted by molar-refractivity contribution is 6.05. The standard InChI is InChI=1S/C23H28N6O2/c1-23(2,3)28-22(31)17-13-24-21-20(17)27-18(14-25-21)15-8-6-9-16(12-15)26-19(30)10-7-11-29(4)5/h6-10,12-14H,11H2,1-5H3,(H,24,25)(H,26,30)(H,28,31)/b10-7-. The number of benzene rings is 1. The maximum atomic E-state index is 12.6. The molecule has 8 nitrogen and oxygen atoms in total. The summed E-state index contributed by atoms with van der Waals surface area (Å²) >= 11 is 0. The summed E-state index contributed by atoms with van der Waals surface area (Å²) < 4.78 is 0. The fourth-order valence-corrected chi connectivity index (χ4v) is 2.92. The van der Waals surface area contributed by atoms with Gasteiger partial charge in [-0.2, -0.15) is 0 Å². The van der Waals surface area contributed by atoms with Crippen LogP contribution >= 0.6 is 0 Å². The predicted octanol–water partition coefficient (Wildman–Crippen LogP) is 3.21. The first kappa shape index (κ1) is 22.2. The van der Waals surface area contributed by atoms with Crippen LogP contribution in [0.5, 0.6) is 0 Å². The lowest BCUT2D eigenvalue weighted by atomic mass is 10.1. The van der Waals surface area contributed by atoms with Crippen LogP contribution in [0, 0.1) is 0 Å². The second-order valence-corrected chi connectivity index (χ2v) is 8.59. The van der Waals surface area contributed by atoms with Crippen LogP contribution < -0.4 is 10.6 Å². The fourth-order valence-electron chi connectivity index (χ4n) is 2.92. The molecule has 0 saturated heterocycles. The Balaban J connectivity index is 1.84. The third-order valence-electron chi connectivity index (χ3n) is 4.28. The zero-order chi connectivity index (χ0) is 22.6. The van der Waals surface area contributed by atoms with Crippen LogP contribution in [-0.4, -0.2) is 57.8 Å². The van der Waals surface area contributed by atoms with Crippen molar-refractivity contribution in [1.82, 2.24) is 25.2 Å². The van der Waals surface area contributed by atoms with Crippen LogP contribution in [0.3, 0.4) is 0 Å². The molecule has 0 bridgehead atoms. The Morgan fingerprint density at radius 1 is 1.23 bits per heavy atom. The molecule has 3 rings (SSSR count). The lowest BCUT2D eigenvalue weighted by Crippen LogP contribution is -2.40. The van der Waals surface area contributed by atoms with E-state index in [1.807, 2.05) is 64.0 Å². The molecule has 3 aromatic rings. The van der Waals surface area contributed by atoms with Crippen molar-refractivity contribution in [3.63, 3.8) is 0 Å². The number of nitrogens with zero attached hydrogens (tertiary/aromatic N) is 3. The first-order valence-electron chi connectivity index (χ1n) is 10.0. The number of aromatic nitrogens is 3. The van der Waals surface area contributed by atoms with Gasteiger partial charge >= 0.3 is 0 Å². The number of aromatic amines is 1. The van der Waals surface area contributed by atoms with Crippen molar-refractivity contribution in [2.24, 2.45) is 0 Å². The van der Waals surface area contributed by atoms with E-state index in [1.165, 1.54) is 6.08 Å². The average Bonchev–Trinajstić information content (AvgIpc) is 3.10. The number of anilines is 1. The van der Waals surface area contributed by atoms with E-state index in [-0.39, 0.29) is 17.4 Å². The third kappa shape index (κ3) is 5.99. The SMILES string of the molecule is CN(C)C/C=C\C(=O)Nc1cccc(-c2cnc3[nH]cc(C(=O)NC(C)(C)C)c3n2)c1. The molecule has 2 heterocycles. The number of carbonyl (C=O) groups excluding carboxylic acids is 2. The smallest absolute Gasteiger partial charge is 0.255 e. The molecule has 0 aliphatic heterocycles. The van der Waals surface area contributed by atoms with Gasteiger partial charge in [0.2, 0.25) is 5.91 Å². The number of hydrogen-bond acceptors (Lipinski definition) is 5. The van der Waals surface area contributed by atoms with E-state index in [1.54, 1.807) is 18.5 Å². The molecule has 2 aromatic heterocycles. The molecule has 162 valence electrons. The van der Waals surface area contributed by atoms with Crippen molar-refractivity contribution in [2.45, 2.75) is 26.3 Å². The second-order valence-electron chi connectivity index (χ2n) is 8.59. The lowest BCUT2D eigenvalue weighted by molar-refractivity contribution is -0.111.